The molecule has 0 saturated carbocycles. The minimum atomic E-state index is -0.531. The smallest absolute Gasteiger partial charge is 0.407 e. The second-order valence-corrected chi connectivity index (χ2v) is 6.85. The summed E-state index contributed by atoms with van der Waals surface area (Å²) in [5.74, 6) is 0.386. The molecule has 0 saturated heterocycles. The van der Waals surface area contributed by atoms with E-state index < -0.39 is 11.7 Å². The highest BCUT2D eigenvalue weighted by atomic mass is 16.6. The fraction of sp³-hybridized carbons (Fsp3) is 0.556. The van der Waals surface area contributed by atoms with Gasteiger partial charge in [0, 0.05) is 25.7 Å². The number of alkyl carbamates (subject to hydrolysis) is 1. The first-order valence-corrected chi connectivity index (χ1v) is 7.95. The molecule has 0 unspecified atom stereocenters. The molecule has 5 nitrogen and oxygen atoms in total. The van der Waals surface area contributed by atoms with Gasteiger partial charge in [-0.25, -0.2) is 4.79 Å². The Balaban J connectivity index is 2.62. The van der Waals surface area contributed by atoms with Crippen LogP contribution in [0, 0.1) is 0 Å². The van der Waals surface area contributed by atoms with Gasteiger partial charge in [-0.2, -0.15) is 0 Å². The van der Waals surface area contributed by atoms with Crippen LogP contribution in [0.25, 0.3) is 0 Å². The summed E-state index contributed by atoms with van der Waals surface area (Å²) in [7, 11) is 0. The molecule has 0 aliphatic rings. The van der Waals surface area contributed by atoms with E-state index in [2.05, 4.69) is 19.2 Å². The normalized spacial score (nSPS) is 11.3. The van der Waals surface area contributed by atoms with E-state index in [0.29, 0.717) is 19.0 Å². The number of benzene rings is 1. The molecule has 0 fully saturated rings. The maximum Gasteiger partial charge on any atom is 0.407 e. The highest BCUT2D eigenvalue weighted by Crippen LogP contribution is 2.20. The SMILES string of the molecule is CC(=O)N(CCNC(=O)OC(C)(C)C)c1ccc(C(C)C)cc1. The molecular formula is C18H28N2O3. The molecule has 2 amide bonds. The fourth-order valence-corrected chi connectivity index (χ4v) is 2.09. The van der Waals surface area contributed by atoms with Crippen molar-refractivity contribution in [2.75, 3.05) is 18.0 Å². The molecule has 1 aromatic carbocycles. The number of carbonyl (C=O) groups excluding carboxylic acids is 2. The summed E-state index contributed by atoms with van der Waals surface area (Å²) in [6.07, 6.45) is -0.476. The highest BCUT2D eigenvalue weighted by Gasteiger charge is 2.17. The zero-order valence-electron chi connectivity index (χ0n) is 15.0. The summed E-state index contributed by atoms with van der Waals surface area (Å²) in [5, 5.41) is 2.67. The summed E-state index contributed by atoms with van der Waals surface area (Å²) >= 11 is 0. The number of hydrogen-bond acceptors (Lipinski definition) is 3. The Labute approximate surface area is 139 Å². The van der Waals surface area contributed by atoms with Crippen LogP contribution in [0.4, 0.5) is 10.5 Å². The number of hydrogen-bond donors (Lipinski definition) is 1. The van der Waals surface area contributed by atoms with E-state index >= 15 is 0 Å². The van der Waals surface area contributed by atoms with Gasteiger partial charge < -0.3 is 15.0 Å². The van der Waals surface area contributed by atoms with Crippen molar-refractivity contribution in [3.8, 4) is 0 Å². The van der Waals surface area contributed by atoms with Gasteiger partial charge in [0.25, 0.3) is 0 Å². The Morgan fingerprint density at radius 2 is 1.74 bits per heavy atom. The first kappa shape index (κ1) is 19.0. The molecule has 0 atom stereocenters. The van der Waals surface area contributed by atoms with E-state index in [0.717, 1.165) is 5.69 Å². The van der Waals surface area contributed by atoms with E-state index in [-0.39, 0.29) is 5.91 Å². The predicted molar refractivity (Wildman–Crippen MR) is 92.8 cm³/mol. The average molecular weight is 320 g/mol. The predicted octanol–water partition coefficient (Wildman–Crippen LogP) is 3.69. The summed E-state index contributed by atoms with van der Waals surface area (Å²) in [5.41, 5.74) is 1.52. The quantitative estimate of drug-likeness (QED) is 0.900. The molecule has 0 bridgehead atoms. The Morgan fingerprint density at radius 1 is 1.17 bits per heavy atom. The molecule has 0 radical (unpaired) electrons. The second kappa shape index (κ2) is 7.99. The van der Waals surface area contributed by atoms with Crippen LogP contribution in [0.15, 0.2) is 24.3 Å². The van der Waals surface area contributed by atoms with Crippen molar-refractivity contribution < 1.29 is 14.3 Å². The molecule has 0 aliphatic carbocycles. The summed E-state index contributed by atoms with van der Waals surface area (Å²) < 4.78 is 5.17. The van der Waals surface area contributed by atoms with Crippen molar-refractivity contribution in [2.45, 2.75) is 53.1 Å². The summed E-state index contributed by atoms with van der Waals surface area (Å²) in [6.45, 7) is 11.9. The van der Waals surface area contributed by atoms with Crippen LogP contribution in [-0.4, -0.2) is 30.7 Å². The average Bonchev–Trinajstić information content (AvgIpc) is 2.41. The number of nitrogens with zero attached hydrogens (tertiary/aromatic N) is 1. The molecule has 5 heteroatoms. The lowest BCUT2D eigenvalue weighted by molar-refractivity contribution is -0.116. The molecular weight excluding hydrogens is 292 g/mol. The lowest BCUT2D eigenvalue weighted by atomic mass is 10.0. The van der Waals surface area contributed by atoms with E-state index in [1.807, 2.05) is 45.0 Å². The number of carbonyl (C=O) groups is 2. The third-order valence-corrected chi connectivity index (χ3v) is 3.26. The van der Waals surface area contributed by atoms with Crippen LogP contribution >= 0.6 is 0 Å². The Kier molecular flexibility index (Phi) is 6.61. The van der Waals surface area contributed by atoms with Crippen LogP contribution in [0.3, 0.4) is 0 Å². The van der Waals surface area contributed by atoms with E-state index in [9.17, 15) is 9.59 Å². The Morgan fingerprint density at radius 3 is 2.17 bits per heavy atom. The van der Waals surface area contributed by atoms with Gasteiger partial charge in [-0.05, 0) is 44.4 Å². The molecule has 1 aromatic rings. The van der Waals surface area contributed by atoms with Crippen molar-refractivity contribution in [1.82, 2.24) is 5.32 Å². The minimum Gasteiger partial charge on any atom is -0.444 e. The van der Waals surface area contributed by atoms with Gasteiger partial charge in [0.15, 0.2) is 0 Å². The van der Waals surface area contributed by atoms with Crippen LogP contribution in [-0.2, 0) is 9.53 Å². The molecule has 1 rings (SSSR count). The molecule has 0 aliphatic heterocycles. The highest BCUT2D eigenvalue weighted by molar-refractivity contribution is 5.91. The van der Waals surface area contributed by atoms with Gasteiger partial charge in [-0.15, -0.1) is 0 Å². The number of nitrogens with one attached hydrogen (secondary N) is 1. The Hall–Kier alpha value is -2.04. The van der Waals surface area contributed by atoms with Gasteiger partial charge in [0.1, 0.15) is 5.60 Å². The van der Waals surface area contributed by atoms with Gasteiger partial charge >= 0.3 is 6.09 Å². The molecule has 0 heterocycles. The van der Waals surface area contributed by atoms with Crippen molar-refractivity contribution in [3.05, 3.63) is 29.8 Å². The molecule has 0 spiro atoms. The molecule has 23 heavy (non-hydrogen) atoms. The lowest BCUT2D eigenvalue weighted by Crippen LogP contribution is -2.39. The van der Waals surface area contributed by atoms with Gasteiger partial charge in [-0.3, -0.25) is 4.79 Å². The zero-order valence-corrected chi connectivity index (χ0v) is 15.0. The summed E-state index contributed by atoms with van der Waals surface area (Å²) in [6, 6.07) is 7.92. The van der Waals surface area contributed by atoms with Crippen LogP contribution < -0.4 is 10.2 Å². The van der Waals surface area contributed by atoms with E-state index in [4.69, 9.17) is 4.74 Å². The fourth-order valence-electron chi connectivity index (χ4n) is 2.09. The van der Waals surface area contributed by atoms with Gasteiger partial charge in [0.2, 0.25) is 5.91 Å². The number of anilines is 1. The van der Waals surface area contributed by atoms with Gasteiger partial charge in [0.05, 0.1) is 0 Å². The van der Waals surface area contributed by atoms with Gasteiger partial charge in [-0.1, -0.05) is 26.0 Å². The summed E-state index contributed by atoms with van der Waals surface area (Å²) in [4.78, 5) is 25.1. The first-order chi connectivity index (χ1) is 10.6. The molecule has 0 aromatic heterocycles. The van der Waals surface area contributed by atoms with E-state index in [1.165, 1.54) is 12.5 Å². The van der Waals surface area contributed by atoms with Crippen molar-refractivity contribution in [1.29, 1.82) is 0 Å². The monoisotopic (exact) mass is 320 g/mol. The standard InChI is InChI=1S/C18H28N2O3/c1-13(2)15-7-9-16(10-8-15)20(14(3)21)12-11-19-17(22)23-18(4,5)6/h7-10,13H,11-12H2,1-6H3,(H,19,22). The topological polar surface area (TPSA) is 58.6 Å². The number of ether oxygens (including phenoxy) is 1. The van der Waals surface area contributed by atoms with Crippen molar-refractivity contribution in [2.24, 2.45) is 0 Å². The number of amides is 2. The lowest BCUT2D eigenvalue weighted by Gasteiger charge is -2.23. The minimum absolute atomic E-state index is 0.0618. The van der Waals surface area contributed by atoms with Crippen LogP contribution in [0.5, 0.6) is 0 Å². The maximum absolute atomic E-state index is 11.8. The first-order valence-electron chi connectivity index (χ1n) is 7.95. The van der Waals surface area contributed by atoms with Crippen molar-refractivity contribution >= 4 is 17.7 Å². The molecule has 1 N–H and O–H groups in total. The second-order valence-electron chi connectivity index (χ2n) is 6.85. The van der Waals surface area contributed by atoms with Crippen LogP contribution in [0.2, 0.25) is 0 Å². The molecule has 128 valence electrons. The maximum atomic E-state index is 11.8. The van der Waals surface area contributed by atoms with Crippen LogP contribution in [0.1, 0.15) is 53.0 Å². The van der Waals surface area contributed by atoms with E-state index in [1.54, 1.807) is 4.90 Å². The third kappa shape index (κ3) is 6.72. The van der Waals surface area contributed by atoms with Crippen molar-refractivity contribution in [3.63, 3.8) is 0 Å². The number of rotatable bonds is 5. The zero-order chi connectivity index (χ0) is 17.6. The Bertz CT molecular complexity index is 530. The third-order valence-electron chi connectivity index (χ3n) is 3.26. The largest absolute Gasteiger partial charge is 0.444 e.